The zero-order valence-corrected chi connectivity index (χ0v) is 12.2. The molecule has 1 aliphatic carbocycles. The molecule has 0 bridgehead atoms. The van der Waals surface area contributed by atoms with Gasteiger partial charge in [0.1, 0.15) is 5.82 Å². The standard InChI is InChI=1S/C16H24N4/c1-20-15-10-6-5-9-13(15)18-16(20)11-14(19-17)12-7-3-2-4-8-12/h5-6,9-10,12,14,19H,2-4,7-8,11,17H2,1H3. The number of hydrazine groups is 1. The van der Waals surface area contributed by atoms with Crippen molar-refractivity contribution in [2.45, 2.75) is 44.6 Å². The van der Waals surface area contributed by atoms with Crippen LogP contribution in [0.4, 0.5) is 0 Å². The van der Waals surface area contributed by atoms with E-state index in [0.717, 1.165) is 17.8 Å². The van der Waals surface area contributed by atoms with Crippen LogP contribution in [0.15, 0.2) is 24.3 Å². The molecule has 0 radical (unpaired) electrons. The van der Waals surface area contributed by atoms with Gasteiger partial charge in [-0.1, -0.05) is 31.4 Å². The summed E-state index contributed by atoms with van der Waals surface area (Å²) in [6.07, 6.45) is 7.54. The summed E-state index contributed by atoms with van der Waals surface area (Å²) in [7, 11) is 2.10. The molecule has 0 saturated heterocycles. The third-order valence-electron chi connectivity index (χ3n) is 4.72. The Morgan fingerprint density at radius 1 is 1.30 bits per heavy atom. The normalized spacial score (nSPS) is 18.5. The van der Waals surface area contributed by atoms with Gasteiger partial charge in [0, 0.05) is 19.5 Å². The van der Waals surface area contributed by atoms with Gasteiger partial charge >= 0.3 is 0 Å². The third-order valence-corrected chi connectivity index (χ3v) is 4.72. The van der Waals surface area contributed by atoms with Crippen LogP contribution in [0.2, 0.25) is 0 Å². The smallest absolute Gasteiger partial charge is 0.111 e. The van der Waals surface area contributed by atoms with E-state index in [9.17, 15) is 0 Å². The molecule has 1 aliphatic rings. The Bertz CT molecular complexity index is 569. The lowest BCUT2D eigenvalue weighted by Gasteiger charge is -2.29. The fraction of sp³-hybridized carbons (Fsp3) is 0.562. The Labute approximate surface area is 120 Å². The highest BCUT2D eigenvalue weighted by Gasteiger charge is 2.24. The summed E-state index contributed by atoms with van der Waals surface area (Å²) in [5.74, 6) is 7.62. The van der Waals surface area contributed by atoms with E-state index in [4.69, 9.17) is 10.8 Å². The number of nitrogens with one attached hydrogen (secondary N) is 1. The van der Waals surface area contributed by atoms with Gasteiger partial charge in [0.2, 0.25) is 0 Å². The monoisotopic (exact) mass is 272 g/mol. The minimum atomic E-state index is 0.339. The predicted octanol–water partition coefficient (Wildman–Crippen LogP) is 2.53. The Morgan fingerprint density at radius 3 is 2.75 bits per heavy atom. The number of fused-ring (bicyclic) bond motifs is 1. The van der Waals surface area contributed by atoms with E-state index >= 15 is 0 Å². The van der Waals surface area contributed by atoms with Gasteiger partial charge < -0.3 is 4.57 Å². The molecule has 1 aromatic heterocycles. The van der Waals surface area contributed by atoms with Gasteiger partial charge in [0.25, 0.3) is 0 Å². The number of aryl methyl sites for hydroxylation is 1. The molecule has 0 aliphatic heterocycles. The number of aromatic nitrogens is 2. The van der Waals surface area contributed by atoms with E-state index in [1.165, 1.54) is 37.6 Å². The first-order valence-corrected chi connectivity index (χ1v) is 7.66. The fourth-order valence-corrected chi connectivity index (χ4v) is 3.47. The highest BCUT2D eigenvalue weighted by molar-refractivity contribution is 5.75. The summed E-state index contributed by atoms with van der Waals surface area (Å²) in [6, 6.07) is 8.64. The largest absolute Gasteiger partial charge is 0.331 e. The summed E-state index contributed by atoms with van der Waals surface area (Å²) < 4.78 is 2.20. The average molecular weight is 272 g/mol. The second-order valence-corrected chi connectivity index (χ2v) is 5.95. The van der Waals surface area contributed by atoms with Gasteiger partial charge in [-0.2, -0.15) is 0 Å². The highest BCUT2D eigenvalue weighted by Crippen LogP contribution is 2.28. The van der Waals surface area contributed by atoms with E-state index in [1.54, 1.807) is 0 Å². The fourth-order valence-electron chi connectivity index (χ4n) is 3.47. The van der Waals surface area contributed by atoms with E-state index in [1.807, 2.05) is 6.07 Å². The van der Waals surface area contributed by atoms with Crippen molar-refractivity contribution >= 4 is 11.0 Å². The van der Waals surface area contributed by atoms with E-state index in [-0.39, 0.29) is 0 Å². The Kier molecular flexibility index (Phi) is 4.03. The first-order valence-electron chi connectivity index (χ1n) is 7.66. The lowest BCUT2D eigenvalue weighted by molar-refractivity contribution is 0.265. The van der Waals surface area contributed by atoms with Crippen molar-refractivity contribution in [1.29, 1.82) is 0 Å². The molecule has 20 heavy (non-hydrogen) atoms. The molecular weight excluding hydrogens is 248 g/mol. The predicted molar refractivity (Wildman–Crippen MR) is 82.1 cm³/mol. The second-order valence-electron chi connectivity index (χ2n) is 5.95. The van der Waals surface area contributed by atoms with Gasteiger partial charge in [-0.3, -0.25) is 11.3 Å². The molecule has 4 heteroatoms. The van der Waals surface area contributed by atoms with Gasteiger partial charge in [-0.05, 0) is 30.9 Å². The summed E-state index contributed by atoms with van der Waals surface area (Å²) in [6.45, 7) is 0. The number of nitrogens with two attached hydrogens (primary N) is 1. The number of hydrogen-bond donors (Lipinski definition) is 2. The Morgan fingerprint density at radius 2 is 2.05 bits per heavy atom. The topological polar surface area (TPSA) is 55.9 Å². The zero-order valence-electron chi connectivity index (χ0n) is 12.2. The maximum Gasteiger partial charge on any atom is 0.111 e. The summed E-state index contributed by atoms with van der Waals surface area (Å²) in [5.41, 5.74) is 5.31. The van der Waals surface area contributed by atoms with Crippen molar-refractivity contribution in [3.63, 3.8) is 0 Å². The molecule has 1 aromatic carbocycles. The summed E-state index contributed by atoms with van der Waals surface area (Å²) in [5, 5.41) is 0. The molecule has 4 nitrogen and oxygen atoms in total. The molecule has 3 rings (SSSR count). The number of para-hydroxylation sites is 2. The van der Waals surface area contributed by atoms with Crippen LogP contribution in [-0.4, -0.2) is 15.6 Å². The first-order chi connectivity index (χ1) is 9.79. The average Bonchev–Trinajstić information content (AvgIpc) is 2.82. The van der Waals surface area contributed by atoms with Crippen LogP contribution in [0, 0.1) is 5.92 Å². The number of rotatable bonds is 4. The second kappa shape index (κ2) is 5.94. The Balaban J connectivity index is 1.81. The number of nitrogens with zero attached hydrogens (tertiary/aromatic N) is 2. The van der Waals surface area contributed by atoms with Crippen molar-refractivity contribution in [1.82, 2.24) is 15.0 Å². The minimum Gasteiger partial charge on any atom is -0.331 e. The van der Waals surface area contributed by atoms with Crippen LogP contribution in [0.1, 0.15) is 37.9 Å². The zero-order chi connectivity index (χ0) is 13.9. The molecule has 0 spiro atoms. The summed E-state index contributed by atoms with van der Waals surface area (Å²) >= 11 is 0. The molecule has 1 unspecified atom stereocenters. The first kappa shape index (κ1) is 13.6. The van der Waals surface area contributed by atoms with E-state index in [0.29, 0.717) is 12.0 Å². The van der Waals surface area contributed by atoms with E-state index in [2.05, 4.69) is 35.2 Å². The maximum absolute atomic E-state index is 5.81. The number of imidazole rings is 1. The van der Waals surface area contributed by atoms with E-state index < -0.39 is 0 Å². The van der Waals surface area contributed by atoms with Crippen molar-refractivity contribution in [3.8, 4) is 0 Å². The molecule has 2 aromatic rings. The Hall–Kier alpha value is -1.39. The molecule has 3 N–H and O–H groups in total. The molecule has 108 valence electrons. The van der Waals surface area contributed by atoms with Crippen LogP contribution < -0.4 is 11.3 Å². The van der Waals surface area contributed by atoms with Crippen LogP contribution in [-0.2, 0) is 13.5 Å². The van der Waals surface area contributed by atoms with Crippen molar-refractivity contribution in [3.05, 3.63) is 30.1 Å². The molecule has 1 fully saturated rings. The van der Waals surface area contributed by atoms with Crippen LogP contribution in [0.5, 0.6) is 0 Å². The van der Waals surface area contributed by atoms with Gasteiger partial charge in [0.05, 0.1) is 11.0 Å². The van der Waals surface area contributed by atoms with Crippen molar-refractivity contribution in [2.75, 3.05) is 0 Å². The van der Waals surface area contributed by atoms with Crippen molar-refractivity contribution in [2.24, 2.45) is 18.8 Å². The SMILES string of the molecule is Cn1c(CC(NN)C2CCCCC2)nc2ccccc21. The van der Waals surface area contributed by atoms with Crippen molar-refractivity contribution < 1.29 is 0 Å². The third kappa shape index (κ3) is 2.58. The molecular formula is C16H24N4. The molecule has 1 saturated carbocycles. The number of benzene rings is 1. The quantitative estimate of drug-likeness (QED) is 0.664. The lowest BCUT2D eigenvalue weighted by Crippen LogP contribution is -2.43. The molecule has 1 atom stereocenters. The minimum absolute atomic E-state index is 0.339. The highest BCUT2D eigenvalue weighted by atomic mass is 15.2. The molecule has 0 amide bonds. The van der Waals surface area contributed by atoms with Crippen LogP contribution >= 0.6 is 0 Å². The molecule has 1 heterocycles. The van der Waals surface area contributed by atoms with Crippen LogP contribution in [0.25, 0.3) is 11.0 Å². The number of hydrogen-bond acceptors (Lipinski definition) is 3. The van der Waals surface area contributed by atoms with Gasteiger partial charge in [0.15, 0.2) is 0 Å². The maximum atomic E-state index is 5.81. The van der Waals surface area contributed by atoms with Crippen LogP contribution in [0.3, 0.4) is 0 Å². The summed E-state index contributed by atoms with van der Waals surface area (Å²) in [4.78, 5) is 4.76. The van der Waals surface area contributed by atoms with Gasteiger partial charge in [-0.25, -0.2) is 4.98 Å². The van der Waals surface area contributed by atoms with Gasteiger partial charge in [-0.15, -0.1) is 0 Å². The lowest BCUT2D eigenvalue weighted by atomic mass is 9.83.